The van der Waals surface area contributed by atoms with Gasteiger partial charge in [0.05, 0.1) is 0 Å². The zero-order valence-electron chi connectivity index (χ0n) is 10.3. The molecule has 1 aromatic carbocycles. The Morgan fingerprint density at radius 2 is 1.76 bits per heavy atom. The van der Waals surface area contributed by atoms with Gasteiger partial charge in [-0.15, -0.1) is 6.58 Å². The van der Waals surface area contributed by atoms with Crippen LogP contribution in [-0.2, 0) is 0 Å². The van der Waals surface area contributed by atoms with E-state index in [1.54, 1.807) is 0 Å². The lowest BCUT2D eigenvalue weighted by molar-refractivity contribution is 0.112. The summed E-state index contributed by atoms with van der Waals surface area (Å²) < 4.78 is 0. The molecule has 1 aliphatic carbocycles. The van der Waals surface area contributed by atoms with Crippen molar-refractivity contribution in [3.8, 4) is 0 Å². The molecule has 2 rings (SSSR count). The molecule has 0 N–H and O–H groups in total. The molecule has 1 saturated carbocycles. The van der Waals surface area contributed by atoms with Gasteiger partial charge in [-0.05, 0) is 49.5 Å². The van der Waals surface area contributed by atoms with Crippen molar-refractivity contribution < 1.29 is 4.79 Å². The average Bonchev–Trinajstić information content (AvgIpc) is 2.40. The first-order valence-corrected chi connectivity index (χ1v) is 6.49. The van der Waals surface area contributed by atoms with Gasteiger partial charge in [0.1, 0.15) is 6.29 Å². The largest absolute Gasteiger partial charge is 0.298 e. The van der Waals surface area contributed by atoms with Gasteiger partial charge in [-0.25, -0.2) is 0 Å². The molecule has 1 heteroatoms. The van der Waals surface area contributed by atoms with Crippen LogP contribution in [0.3, 0.4) is 0 Å². The smallest absolute Gasteiger partial charge is 0.150 e. The summed E-state index contributed by atoms with van der Waals surface area (Å²) in [5, 5.41) is 0. The van der Waals surface area contributed by atoms with Crippen LogP contribution in [-0.4, -0.2) is 6.29 Å². The van der Waals surface area contributed by atoms with Crippen LogP contribution in [0.15, 0.2) is 36.9 Å². The summed E-state index contributed by atoms with van der Waals surface area (Å²) in [6.45, 7) is 3.82. The van der Waals surface area contributed by atoms with Crippen LogP contribution in [0, 0.1) is 5.92 Å². The molecule has 1 aliphatic rings. The maximum atomic E-state index is 10.6. The Morgan fingerprint density at radius 1 is 1.12 bits per heavy atom. The van der Waals surface area contributed by atoms with Crippen LogP contribution >= 0.6 is 0 Å². The Bertz CT molecular complexity index is 369. The van der Waals surface area contributed by atoms with Gasteiger partial charge in [-0.1, -0.05) is 30.3 Å². The Labute approximate surface area is 104 Å². The van der Waals surface area contributed by atoms with E-state index < -0.39 is 0 Å². The van der Waals surface area contributed by atoms with E-state index in [1.165, 1.54) is 31.2 Å². The monoisotopic (exact) mass is 228 g/mol. The van der Waals surface area contributed by atoms with Gasteiger partial charge in [0.15, 0.2) is 0 Å². The summed E-state index contributed by atoms with van der Waals surface area (Å²) in [6, 6.07) is 8.08. The van der Waals surface area contributed by atoms with Gasteiger partial charge >= 0.3 is 0 Å². The first kappa shape index (κ1) is 12.1. The predicted octanol–water partition coefficient (Wildman–Crippen LogP) is 4.35. The molecule has 0 aliphatic heterocycles. The van der Waals surface area contributed by atoms with Crippen LogP contribution in [0.25, 0.3) is 0 Å². The lowest BCUT2D eigenvalue weighted by atomic mass is 9.77. The fourth-order valence-electron chi connectivity index (χ4n) is 2.81. The minimum Gasteiger partial charge on any atom is -0.298 e. The van der Waals surface area contributed by atoms with Crippen LogP contribution in [0.1, 0.15) is 53.9 Å². The molecule has 0 atom stereocenters. The number of aldehydes is 1. The quantitative estimate of drug-likeness (QED) is 0.553. The maximum Gasteiger partial charge on any atom is 0.150 e. The van der Waals surface area contributed by atoms with Crippen LogP contribution < -0.4 is 0 Å². The van der Waals surface area contributed by atoms with Crippen molar-refractivity contribution >= 4 is 6.29 Å². The van der Waals surface area contributed by atoms with E-state index in [1.807, 2.05) is 18.2 Å². The number of hydrogen-bond donors (Lipinski definition) is 0. The summed E-state index contributed by atoms with van der Waals surface area (Å²) in [7, 11) is 0. The van der Waals surface area contributed by atoms with E-state index in [0.29, 0.717) is 5.92 Å². The van der Waals surface area contributed by atoms with Crippen molar-refractivity contribution in [3.63, 3.8) is 0 Å². The van der Waals surface area contributed by atoms with Gasteiger partial charge in [0.2, 0.25) is 0 Å². The van der Waals surface area contributed by atoms with Crippen LogP contribution in [0.4, 0.5) is 0 Å². The number of rotatable bonds is 4. The van der Waals surface area contributed by atoms with Crippen LogP contribution in [0.5, 0.6) is 0 Å². The normalized spacial score (nSPS) is 24.2. The van der Waals surface area contributed by atoms with E-state index in [2.05, 4.69) is 18.7 Å². The molecule has 1 nitrogen and oxygen atoms in total. The first-order chi connectivity index (χ1) is 8.33. The molecular weight excluding hydrogens is 208 g/mol. The summed E-state index contributed by atoms with van der Waals surface area (Å²) >= 11 is 0. The van der Waals surface area contributed by atoms with E-state index in [9.17, 15) is 4.79 Å². The Balaban J connectivity index is 1.95. The van der Waals surface area contributed by atoms with Gasteiger partial charge in [0.25, 0.3) is 0 Å². The molecule has 0 heterocycles. The Hall–Kier alpha value is -1.37. The standard InChI is InChI=1S/C16H20O/c1-2-3-13-4-8-15(9-5-13)16-10-6-14(12-17)7-11-16/h2,6-7,10-13,15H,1,3-5,8-9H2/t13-,15-. The number of carbonyl (C=O) groups excluding carboxylic acids is 1. The average molecular weight is 228 g/mol. The third-order valence-electron chi connectivity index (χ3n) is 3.89. The molecular formula is C16H20O. The molecule has 0 bridgehead atoms. The summed E-state index contributed by atoms with van der Waals surface area (Å²) in [5.41, 5.74) is 2.17. The fraction of sp³-hybridized carbons (Fsp3) is 0.438. The molecule has 0 aromatic heterocycles. The molecule has 1 aromatic rings. The van der Waals surface area contributed by atoms with E-state index in [4.69, 9.17) is 0 Å². The highest BCUT2D eigenvalue weighted by atomic mass is 16.1. The van der Waals surface area contributed by atoms with Gasteiger partial charge in [0, 0.05) is 5.56 Å². The molecule has 90 valence electrons. The Morgan fingerprint density at radius 3 is 2.29 bits per heavy atom. The van der Waals surface area contributed by atoms with E-state index in [0.717, 1.165) is 24.2 Å². The highest BCUT2D eigenvalue weighted by molar-refractivity contribution is 5.74. The van der Waals surface area contributed by atoms with Crippen molar-refractivity contribution in [1.82, 2.24) is 0 Å². The second kappa shape index (κ2) is 5.81. The van der Waals surface area contributed by atoms with E-state index in [-0.39, 0.29) is 0 Å². The van der Waals surface area contributed by atoms with Crippen molar-refractivity contribution in [2.75, 3.05) is 0 Å². The fourth-order valence-corrected chi connectivity index (χ4v) is 2.81. The number of benzene rings is 1. The Kier molecular flexibility index (Phi) is 4.13. The highest BCUT2D eigenvalue weighted by Crippen LogP contribution is 2.37. The van der Waals surface area contributed by atoms with Gasteiger partial charge in [-0.2, -0.15) is 0 Å². The number of carbonyl (C=O) groups is 1. The summed E-state index contributed by atoms with van der Waals surface area (Å²) in [5.74, 6) is 1.54. The minimum absolute atomic E-state index is 0.691. The van der Waals surface area contributed by atoms with Gasteiger partial charge in [-0.3, -0.25) is 4.79 Å². The lowest BCUT2D eigenvalue weighted by Crippen LogP contribution is -2.12. The molecule has 17 heavy (non-hydrogen) atoms. The molecule has 0 amide bonds. The number of allylic oxidation sites excluding steroid dienone is 1. The molecule has 0 unspecified atom stereocenters. The summed E-state index contributed by atoms with van der Waals surface area (Å²) in [4.78, 5) is 10.6. The van der Waals surface area contributed by atoms with E-state index >= 15 is 0 Å². The van der Waals surface area contributed by atoms with Crippen molar-refractivity contribution in [2.45, 2.75) is 38.0 Å². The third-order valence-corrected chi connectivity index (χ3v) is 3.89. The highest BCUT2D eigenvalue weighted by Gasteiger charge is 2.21. The number of hydrogen-bond acceptors (Lipinski definition) is 1. The molecule has 1 fully saturated rings. The molecule has 0 saturated heterocycles. The van der Waals surface area contributed by atoms with Crippen molar-refractivity contribution in [3.05, 3.63) is 48.0 Å². The SMILES string of the molecule is C=CC[C@H]1CC[C@H](c2ccc(C=O)cc2)CC1. The van der Waals surface area contributed by atoms with Crippen molar-refractivity contribution in [1.29, 1.82) is 0 Å². The molecule has 0 spiro atoms. The maximum absolute atomic E-state index is 10.6. The lowest BCUT2D eigenvalue weighted by Gasteiger charge is -2.28. The zero-order valence-corrected chi connectivity index (χ0v) is 10.3. The molecule has 0 radical (unpaired) electrons. The second-order valence-corrected chi connectivity index (χ2v) is 5.03. The minimum atomic E-state index is 0.691. The first-order valence-electron chi connectivity index (χ1n) is 6.49. The topological polar surface area (TPSA) is 17.1 Å². The van der Waals surface area contributed by atoms with Gasteiger partial charge < -0.3 is 0 Å². The van der Waals surface area contributed by atoms with Crippen LogP contribution in [0.2, 0.25) is 0 Å². The summed E-state index contributed by atoms with van der Waals surface area (Å²) in [6.07, 6.45) is 9.29. The third kappa shape index (κ3) is 3.06. The van der Waals surface area contributed by atoms with Crippen molar-refractivity contribution in [2.24, 2.45) is 5.92 Å². The predicted molar refractivity (Wildman–Crippen MR) is 71.3 cm³/mol. The second-order valence-electron chi connectivity index (χ2n) is 5.03. The zero-order chi connectivity index (χ0) is 12.1.